The fourth-order valence-electron chi connectivity index (χ4n) is 2.35. The van der Waals surface area contributed by atoms with Crippen LogP contribution in [-0.4, -0.2) is 50.1 Å². The number of nitrogens with one attached hydrogen (secondary N) is 1. The zero-order valence-electron chi connectivity index (χ0n) is 12.6. The van der Waals surface area contributed by atoms with Gasteiger partial charge in [0, 0.05) is 19.6 Å². The molecule has 1 fully saturated rings. The third-order valence-corrected chi connectivity index (χ3v) is 4.35. The van der Waals surface area contributed by atoms with E-state index < -0.39 is 10.0 Å². The van der Waals surface area contributed by atoms with E-state index >= 15 is 0 Å². The van der Waals surface area contributed by atoms with Gasteiger partial charge in [0.1, 0.15) is 0 Å². The molecule has 1 atom stereocenters. The van der Waals surface area contributed by atoms with E-state index in [1.807, 2.05) is 11.8 Å². The quantitative estimate of drug-likeness (QED) is 0.527. The summed E-state index contributed by atoms with van der Waals surface area (Å²) in [5.41, 5.74) is 0.765. The Balaban J connectivity index is 2.14. The standard InChI is InChI=1S/C14H22N4O3S/c1-2-16-14(18-7-6-12(19)10-18)17-9-11-4-3-5-13(8-11)22(15,20)21/h3-5,8,12,19H,2,6-7,9-10H2,1H3,(H,16,17)(H2,15,20,21)/t12-/m1/s1. The smallest absolute Gasteiger partial charge is 0.238 e. The molecule has 0 radical (unpaired) electrons. The highest BCUT2D eigenvalue weighted by molar-refractivity contribution is 7.89. The molecule has 1 saturated heterocycles. The maximum Gasteiger partial charge on any atom is 0.238 e. The maximum atomic E-state index is 11.4. The number of guanidine groups is 1. The number of likely N-dealkylation sites (tertiary alicyclic amines) is 1. The molecule has 8 heteroatoms. The van der Waals surface area contributed by atoms with Crippen LogP contribution in [-0.2, 0) is 16.6 Å². The van der Waals surface area contributed by atoms with Crippen LogP contribution in [0.15, 0.2) is 34.2 Å². The molecular formula is C14H22N4O3S. The molecule has 0 aliphatic carbocycles. The molecule has 2 rings (SSSR count). The second-order valence-electron chi connectivity index (χ2n) is 5.25. The minimum atomic E-state index is -3.70. The molecule has 0 unspecified atom stereocenters. The van der Waals surface area contributed by atoms with Crippen molar-refractivity contribution < 1.29 is 13.5 Å². The van der Waals surface area contributed by atoms with Crippen molar-refractivity contribution in [2.24, 2.45) is 10.1 Å². The molecule has 0 aromatic heterocycles. The van der Waals surface area contributed by atoms with Crippen LogP contribution >= 0.6 is 0 Å². The van der Waals surface area contributed by atoms with Crippen LogP contribution in [0.25, 0.3) is 0 Å². The second-order valence-corrected chi connectivity index (χ2v) is 6.81. The van der Waals surface area contributed by atoms with Crippen molar-refractivity contribution in [3.8, 4) is 0 Å². The Kier molecular flexibility index (Phi) is 5.38. The van der Waals surface area contributed by atoms with E-state index in [-0.39, 0.29) is 11.0 Å². The Hall–Kier alpha value is -1.64. The number of nitrogens with two attached hydrogens (primary N) is 1. The van der Waals surface area contributed by atoms with Gasteiger partial charge in [-0.1, -0.05) is 12.1 Å². The number of aliphatic hydroxyl groups is 1. The molecule has 0 saturated carbocycles. The number of hydrogen-bond acceptors (Lipinski definition) is 4. The summed E-state index contributed by atoms with van der Waals surface area (Å²) in [6.07, 6.45) is 0.403. The predicted molar refractivity (Wildman–Crippen MR) is 84.8 cm³/mol. The number of benzene rings is 1. The first-order chi connectivity index (χ1) is 10.4. The van der Waals surface area contributed by atoms with E-state index in [4.69, 9.17) is 5.14 Å². The highest BCUT2D eigenvalue weighted by atomic mass is 32.2. The number of nitrogens with zero attached hydrogens (tertiary/aromatic N) is 2. The van der Waals surface area contributed by atoms with Gasteiger partial charge in [0.25, 0.3) is 0 Å². The topological polar surface area (TPSA) is 108 Å². The molecule has 1 heterocycles. The highest BCUT2D eigenvalue weighted by Crippen LogP contribution is 2.12. The van der Waals surface area contributed by atoms with Crippen LogP contribution < -0.4 is 10.5 Å². The van der Waals surface area contributed by atoms with Crippen LogP contribution in [0.5, 0.6) is 0 Å². The predicted octanol–water partition coefficient (Wildman–Crippen LogP) is -0.134. The van der Waals surface area contributed by atoms with Crippen molar-refractivity contribution in [2.45, 2.75) is 30.9 Å². The molecule has 4 N–H and O–H groups in total. The largest absolute Gasteiger partial charge is 0.391 e. The molecule has 0 spiro atoms. The Bertz CT molecular complexity index is 645. The van der Waals surface area contributed by atoms with E-state index in [0.717, 1.165) is 31.0 Å². The second kappa shape index (κ2) is 7.08. The minimum Gasteiger partial charge on any atom is -0.391 e. The maximum absolute atomic E-state index is 11.4. The van der Waals surface area contributed by atoms with Crippen molar-refractivity contribution >= 4 is 16.0 Å². The lowest BCUT2D eigenvalue weighted by Crippen LogP contribution is -2.40. The molecular weight excluding hydrogens is 304 g/mol. The van der Waals surface area contributed by atoms with Crippen molar-refractivity contribution in [2.75, 3.05) is 19.6 Å². The fourth-order valence-corrected chi connectivity index (χ4v) is 2.93. The summed E-state index contributed by atoms with van der Waals surface area (Å²) in [7, 11) is -3.70. The third kappa shape index (κ3) is 4.43. The van der Waals surface area contributed by atoms with Gasteiger partial charge in [-0.15, -0.1) is 0 Å². The summed E-state index contributed by atoms with van der Waals surface area (Å²) in [4.78, 5) is 6.59. The fraction of sp³-hybridized carbons (Fsp3) is 0.500. The molecule has 7 nitrogen and oxygen atoms in total. The van der Waals surface area contributed by atoms with E-state index in [1.54, 1.807) is 12.1 Å². The average Bonchev–Trinajstić information content (AvgIpc) is 2.89. The number of aliphatic hydroxyl groups excluding tert-OH is 1. The van der Waals surface area contributed by atoms with Gasteiger partial charge in [0.05, 0.1) is 17.5 Å². The monoisotopic (exact) mass is 326 g/mol. The number of β-amino-alcohol motifs (C(OH)–C–C–N with tert-alkyl or cyclic N) is 1. The van der Waals surface area contributed by atoms with Crippen LogP contribution in [0.1, 0.15) is 18.9 Å². The van der Waals surface area contributed by atoms with Gasteiger partial charge >= 0.3 is 0 Å². The van der Waals surface area contributed by atoms with E-state index in [0.29, 0.717) is 13.1 Å². The van der Waals surface area contributed by atoms with E-state index in [2.05, 4.69) is 10.3 Å². The van der Waals surface area contributed by atoms with Crippen LogP contribution in [0.3, 0.4) is 0 Å². The molecule has 122 valence electrons. The van der Waals surface area contributed by atoms with Gasteiger partial charge in [0.2, 0.25) is 10.0 Å². The molecule has 1 aromatic carbocycles. The molecule has 0 amide bonds. The summed E-state index contributed by atoms with van der Waals surface area (Å²) in [5.74, 6) is 0.722. The van der Waals surface area contributed by atoms with Gasteiger partial charge in [0.15, 0.2) is 5.96 Å². The Labute approximate surface area is 130 Å². The first-order valence-electron chi connectivity index (χ1n) is 7.23. The van der Waals surface area contributed by atoms with Gasteiger partial charge in [-0.25, -0.2) is 18.5 Å². The van der Waals surface area contributed by atoms with Crippen molar-refractivity contribution in [3.05, 3.63) is 29.8 Å². The van der Waals surface area contributed by atoms with Crippen molar-refractivity contribution in [1.29, 1.82) is 0 Å². The molecule has 1 aliphatic heterocycles. The Morgan fingerprint density at radius 1 is 1.55 bits per heavy atom. The van der Waals surface area contributed by atoms with Crippen molar-refractivity contribution in [1.82, 2.24) is 10.2 Å². The normalized spacial score (nSPS) is 19.5. The molecule has 1 aliphatic rings. The number of aliphatic imine (C=N–C) groups is 1. The van der Waals surface area contributed by atoms with E-state index in [1.165, 1.54) is 12.1 Å². The van der Waals surface area contributed by atoms with Crippen LogP contribution in [0, 0.1) is 0 Å². The van der Waals surface area contributed by atoms with Crippen LogP contribution in [0.4, 0.5) is 0 Å². The SMILES string of the molecule is CCNC(=NCc1cccc(S(N)(=O)=O)c1)N1CC[C@@H](O)C1. The lowest BCUT2D eigenvalue weighted by molar-refractivity contribution is 0.188. The summed E-state index contributed by atoms with van der Waals surface area (Å²) in [5, 5.41) is 17.9. The van der Waals surface area contributed by atoms with Gasteiger partial charge in [-0.2, -0.15) is 0 Å². The average molecular weight is 326 g/mol. The lowest BCUT2D eigenvalue weighted by atomic mass is 10.2. The highest BCUT2D eigenvalue weighted by Gasteiger charge is 2.22. The van der Waals surface area contributed by atoms with Crippen molar-refractivity contribution in [3.63, 3.8) is 0 Å². The minimum absolute atomic E-state index is 0.0850. The first-order valence-corrected chi connectivity index (χ1v) is 8.78. The van der Waals surface area contributed by atoms with Gasteiger partial charge in [-0.3, -0.25) is 0 Å². The molecule has 22 heavy (non-hydrogen) atoms. The number of hydrogen-bond donors (Lipinski definition) is 3. The first kappa shape index (κ1) is 16.7. The number of rotatable bonds is 4. The lowest BCUT2D eigenvalue weighted by Gasteiger charge is -2.20. The molecule has 0 bridgehead atoms. The summed E-state index contributed by atoms with van der Waals surface area (Å²) in [6.45, 7) is 4.36. The Morgan fingerprint density at radius 3 is 2.91 bits per heavy atom. The van der Waals surface area contributed by atoms with E-state index in [9.17, 15) is 13.5 Å². The van der Waals surface area contributed by atoms with Gasteiger partial charge in [-0.05, 0) is 31.0 Å². The molecule has 1 aromatic rings. The number of sulfonamides is 1. The third-order valence-electron chi connectivity index (χ3n) is 3.44. The zero-order valence-corrected chi connectivity index (χ0v) is 13.4. The summed E-state index contributed by atoms with van der Waals surface area (Å²) >= 11 is 0. The summed E-state index contributed by atoms with van der Waals surface area (Å²) < 4.78 is 22.7. The van der Waals surface area contributed by atoms with Gasteiger partial charge < -0.3 is 15.3 Å². The number of primary sulfonamides is 1. The zero-order chi connectivity index (χ0) is 16.2. The summed E-state index contributed by atoms with van der Waals surface area (Å²) in [6, 6.07) is 6.45. The van der Waals surface area contributed by atoms with Crippen LogP contribution in [0.2, 0.25) is 0 Å². The Morgan fingerprint density at radius 2 is 2.32 bits per heavy atom.